The Morgan fingerprint density at radius 3 is 2.66 bits per heavy atom. The molecule has 1 aromatic heterocycles. The van der Waals surface area contributed by atoms with Gasteiger partial charge in [0, 0.05) is 29.8 Å². The number of aromatic amines is 1. The lowest BCUT2D eigenvalue weighted by molar-refractivity contribution is -0.137. The molecule has 0 bridgehead atoms. The number of aliphatic carboxylic acids is 1. The zero-order chi connectivity index (χ0) is 20.8. The summed E-state index contributed by atoms with van der Waals surface area (Å²) in [5, 5.41) is 13.2. The lowest BCUT2D eigenvalue weighted by Crippen LogP contribution is -2.30. The Bertz CT molecular complexity index is 1010. The topological polar surface area (TPSA) is 101 Å². The number of aryl methyl sites for hydroxylation is 1. The van der Waals surface area contributed by atoms with Crippen molar-refractivity contribution in [3.8, 4) is 11.5 Å². The lowest BCUT2D eigenvalue weighted by atomic mass is 10.0. The fourth-order valence-corrected chi connectivity index (χ4v) is 3.30. The molecule has 7 nitrogen and oxygen atoms in total. The number of amides is 1. The number of carboxylic acids is 1. The van der Waals surface area contributed by atoms with Crippen molar-refractivity contribution in [3.63, 3.8) is 0 Å². The summed E-state index contributed by atoms with van der Waals surface area (Å²) >= 11 is 0. The van der Waals surface area contributed by atoms with Gasteiger partial charge in [0.15, 0.2) is 0 Å². The molecule has 7 heteroatoms. The van der Waals surface area contributed by atoms with Gasteiger partial charge in [-0.1, -0.05) is 6.07 Å². The van der Waals surface area contributed by atoms with E-state index in [0.29, 0.717) is 23.5 Å². The molecule has 3 aromatic rings. The maximum Gasteiger partial charge on any atom is 0.305 e. The first-order chi connectivity index (χ1) is 14.0. The molecule has 1 amide bonds. The van der Waals surface area contributed by atoms with Gasteiger partial charge in [-0.15, -0.1) is 0 Å². The Kier molecular flexibility index (Phi) is 6.39. The molecule has 1 atom stereocenters. The molecule has 2 aromatic carbocycles. The predicted molar refractivity (Wildman–Crippen MR) is 109 cm³/mol. The number of aromatic nitrogens is 1. The molecular formula is C22H24N2O5. The van der Waals surface area contributed by atoms with Crippen LogP contribution in [-0.2, 0) is 16.0 Å². The number of H-pyrrole nitrogens is 1. The summed E-state index contributed by atoms with van der Waals surface area (Å²) in [6.07, 6.45) is 2.45. The third-order valence-corrected chi connectivity index (χ3v) is 4.79. The number of benzene rings is 2. The first kappa shape index (κ1) is 20.3. The largest absolute Gasteiger partial charge is 0.497 e. The van der Waals surface area contributed by atoms with Crippen molar-refractivity contribution >= 4 is 22.8 Å². The van der Waals surface area contributed by atoms with E-state index in [0.717, 1.165) is 16.5 Å². The van der Waals surface area contributed by atoms with Crippen molar-refractivity contribution < 1.29 is 24.2 Å². The van der Waals surface area contributed by atoms with E-state index in [4.69, 9.17) is 9.47 Å². The second-order valence-corrected chi connectivity index (χ2v) is 6.73. The molecule has 0 spiro atoms. The molecule has 0 aliphatic carbocycles. The second kappa shape index (κ2) is 9.14. The molecule has 1 unspecified atom stereocenters. The van der Waals surface area contributed by atoms with Crippen LogP contribution in [0.2, 0.25) is 0 Å². The van der Waals surface area contributed by atoms with Crippen molar-refractivity contribution in [1.82, 2.24) is 10.3 Å². The number of carbonyl (C=O) groups excluding carboxylic acids is 1. The molecule has 0 saturated heterocycles. The van der Waals surface area contributed by atoms with Crippen molar-refractivity contribution in [2.45, 2.75) is 25.3 Å². The Morgan fingerprint density at radius 2 is 1.93 bits per heavy atom. The standard InChI is InChI=1S/C22H24N2O5/c1-28-16-5-6-17(20(12-16)29-2)19(13-22(26)27)24-21(25)8-4-14-3-7-18-15(11-14)9-10-23-18/h3,5-7,9-12,19,23H,4,8,13H2,1-2H3,(H,24,25)(H,26,27). The highest BCUT2D eigenvalue weighted by molar-refractivity contribution is 5.81. The van der Waals surface area contributed by atoms with Crippen LogP contribution in [0, 0.1) is 0 Å². The van der Waals surface area contributed by atoms with E-state index in [1.54, 1.807) is 18.2 Å². The minimum atomic E-state index is -1.01. The van der Waals surface area contributed by atoms with Gasteiger partial charge in [0.25, 0.3) is 0 Å². The minimum absolute atomic E-state index is 0.219. The molecule has 29 heavy (non-hydrogen) atoms. The van der Waals surface area contributed by atoms with Gasteiger partial charge in [-0.2, -0.15) is 0 Å². The van der Waals surface area contributed by atoms with E-state index in [9.17, 15) is 14.7 Å². The summed E-state index contributed by atoms with van der Waals surface area (Å²) in [5.74, 6) is -0.172. The third kappa shape index (κ3) is 5.07. The highest BCUT2D eigenvalue weighted by Gasteiger charge is 2.22. The Balaban J connectivity index is 1.70. The highest BCUT2D eigenvalue weighted by atomic mass is 16.5. The van der Waals surface area contributed by atoms with Crippen LogP contribution in [0.4, 0.5) is 0 Å². The Labute approximate surface area is 168 Å². The fraction of sp³-hybridized carbons (Fsp3) is 0.273. The van der Waals surface area contributed by atoms with Gasteiger partial charge in [-0.3, -0.25) is 9.59 Å². The van der Waals surface area contributed by atoms with Gasteiger partial charge in [0.05, 0.1) is 26.7 Å². The molecule has 0 aliphatic rings. The molecule has 0 aliphatic heterocycles. The number of methoxy groups -OCH3 is 2. The molecule has 0 fully saturated rings. The number of hydrogen-bond acceptors (Lipinski definition) is 4. The van der Waals surface area contributed by atoms with Gasteiger partial charge in [0.1, 0.15) is 11.5 Å². The van der Waals surface area contributed by atoms with Crippen LogP contribution in [0.5, 0.6) is 11.5 Å². The monoisotopic (exact) mass is 396 g/mol. The third-order valence-electron chi connectivity index (χ3n) is 4.79. The summed E-state index contributed by atoms with van der Waals surface area (Å²) in [7, 11) is 3.03. The SMILES string of the molecule is COc1ccc(C(CC(=O)O)NC(=O)CCc2ccc3[nH]ccc3c2)c(OC)c1. The average Bonchev–Trinajstić information content (AvgIpc) is 3.18. The van der Waals surface area contributed by atoms with Crippen LogP contribution in [-0.4, -0.2) is 36.2 Å². The van der Waals surface area contributed by atoms with E-state index >= 15 is 0 Å². The zero-order valence-electron chi connectivity index (χ0n) is 16.4. The molecule has 3 N–H and O–H groups in total. The van der Waals surface area contributed by atoms with E-state index in [1.165, 1.54) is 14.2 Å². The van der Waals surface area contributed by atoms with E-state index in [-0.39, 0.29) is 18.7 Å². The zero-order valence-corrected chi connectivity index (χ0v) is 16.4. The van der Waals surface area contributed by atoms with Crippen LogP contribution in [0.15, 0.2) is 48.7 Å². The molecule has 1 heterocycles. The highest BCUT2D eigenvalue weighted by Crippen LogP contribution is 2.31. The number of nitrogens with one attached hydrogen (secondary N) is 2. The minimum Gasteiger partial charge on any atom is -0.497 e. The van der Waals surface area contributed by atoms with Crippen molar-refractivity contribution in [3.05, 3.63) is 59.8 Å². The number of carbonyl (C=O) groups is 2. The number of fused-ring (bicyclic) bond motifs is 1. The molecule has 0 radical (unpaired) electrons. The first-order valence-electron chi connectivity index (χ1n) is 9.29. The van der Waals surface area contributed by atoms with Gasteiger partial charge in [0.2, 0.25) is 5.91 Å². The fourth-order valence-electron chi connectivity index (χ4n) is 3.30. The van der Waals surface area contributed by atoms with Gasteiger partial charge in [-0.05, 0) is 47.7 Å². The molecule has 3 rings (SSSR count). The normalized spacial score (nSPS) is 11.8. The number of rotatable bonds is 9. The van der Waals surface area contributed by atoms with Crippen molar-refractivity contribution in [2.24, 2.45) is 0 Å². The van der Waals surface area contributed by atoms with Crippen molar-refractivity contribution in [2.75, 3.05) is 14.2 Å². The van der Waals surface area contributed by atoms with Crippen LogP contribution >= 0.6 is 0 Å². The molecule has 152 valence electrons. The maximum absolute atomic E-state index is 12.5. The summed E-state index contributed by atoms with van der Waals surface area (Å²) in [5.41, 5.74) is 2.69. The Hall–Kier alpha value is -3.48. The first-order valence-corrected chi connectivity index (χ1v) is 9.29. The quantitative estimate of drug-likeness (QED) is 0.514. The maximum atomic E-state index is 12.5. The summed E-state index contributed by atoms with van der Waals surface area (Å²) in [4.78, 5) is 27.0. The van der Waals surface area contributed by atoms with E-state index in [2.05, 4.69) is 10.3 Å². The van der Waals surface area contributed by atoms with Crippen LogP contribution in [0.25, 0.3) is 10.9 Å². The van der Waals surface area contributed by atoms with E-state index < -0.39 is 12.0 Å². The van der Waals surface area contributed by atoms with Gasteiger partial charge >= 0.3 is 5.97 Å². The number of carboxylic acid groups (broad SMARTS) is 1. The lowest BCUT2D eigenvalue weighted by Gasteiger charge is -2.20. The van der Waals surface area contributed by atoms with Crippen molar-refractivity contribution in [1.29, 1.82) is 0 Å². The van der Waals surface area contributed by atoms with Gasteiger partial charge < -0.3 is 24.9 Å². The van der Waals surface area contributed by atoms with Crippen LogP contribution in [0.3, 0.4) is 0 Å². The Morgan fingerprint density at radius 1 is 1.10 bits per heavy atom. The summed E-state index contributed by atoms with van der Waals surface area (Å²) in [6.45, 7) is 0. The molecular weight excluding hydrogens is 372 g/mol. The number of hydrogen-bond donors (Lipinski definition) is 3. The summed E-state index contributed by atoms with van der Waals surface area (Å²) in [6, 6.07) is 12.4. The molecule has 0 saturated carbocycles. The average molecular weight is 396 g/mol. The predicted octanol–water partition coefficient (Wildman–Crippen LogP) is 3.45. The smallest absolute Gasteiger partial charge is 0.305 e. The number of ether oxygens (including phenoxy) is 2. The van der Waals surface area contributed by atoms with Gasteiger partial charge in [-0.25, -0.2) is 0 Å². The van der Waals surface area contributed by atoms with Crippen LogP contribution in [0.1, 0.15) is 30.0 Å². The van der Waals surface area contributed by atoms with Crippen LogP contribution < -0.4 is 14.8 Å². The summed E-state index contributed by atoms with van der Waals surface area (Å²) < 4.78 is 10.5. The van der Waals surface area contributed by atoms with E-state index in [1.807, 2.05) is 30.5 Å². The second-order valence-electron chi connectivity index (χ2n) is 6.73.